The summed E-state index contributed by atoms with van der Waals surface area (Å²) in [5.41, 5.74) is 0. The van der Waals surface area contributed by atoms with Crippen molar-refractivity contribution in [2.45, 2.75) is 12.3 Å². The van der Waals surface area contributed by atoms with Crippen molar-refractivity contribution in [1.82, 2.24) is 0 Å². The van der Waals surface area contributed by atoms with Gasteiger partial charge in [0.25, 0.3) is 0 Å². The van der Waals surface area contributed by atoms with E-state index in [0.29, 0.717) is 18.8 Å². The smallest absolute Gasteiger partial charge is 0.316 e. The maximum atomic E-state index is 11.1. The molecule has 0 N–H and O–H groups in total. The fourth-order valence-electron chi connectivity index (χ4n) is 1.29. The molecule has 0 spiro atoms. The number of ether oxygens (including phenoxy) is 1. The minimum atomic E-state index is -0.214. The van der Waals surface area contributed by atoms with Crippen LogP contribution in [-0.2, 0) is 9.53 Å². The predicted molar refractivity (Wildman–Crippen MR) is 44.7 cm³/mol. The fraction of sp³-hybridized carbons (Fsp3) is 0.375. The predicted octanol–water partition coefficient (Wildman–Crippen LogP) is 2.07. The zero-order valence-electron chi connectivity index (χ0n) is 6.25. The summed E-state index contributed by atoms with van der Waals surface area (Å²) in [4.78, 5) is 11.1. The number of rotatable bonds is 1. The number of hydrogen-bond acceptors (Lipinski definition) is 3. The maximum absolute atomic E-state index is 11.1. The third-order valence-electron chi connectivity index (χ3n) is 1.90. The topological polar surface area (TPSA) is 39.4 Å². The van der Waals surface area contributed by atoms with E-state index >= 15 is 0 Å². The highest BCUT2D eigenvalue weighted by Crippen LogP contribution is 2.32. The summed E-state index contributed by atoms with van der Waals surface area (Å²) in [6.07, 6.45) is 2.27. The van der Waals surface area contributed by atoms with Gasteiger partial charge in [-0.3, -0.25) is 4.79 Å². The number of carbonyl (C=O) groups excluding carboxylic acids is 1. The standard InChI is InChI=1S/C8H7BrO3/c9-6-2-4-11-7(6)5-1-3-12-8(5)10/h2,4-5H,1,3H2. The molecule has 3 nitrogen and oxygen atoms in total. The van der Waals surface area contributed by atoms with Crippen molar-refractivity contribution in [2.24, 2.45) is 0 Å². The lowest BCUT2D eigenvalue weighted by Crippen LogP contribution is -2.04. The molecule has 0 saturated carbocycles. The lowest BCUT2D eigenvalue weighted by atomic mass is 10.1. The van der Waals surface area contributed by atoms with Crippen LogP contribution in [0.25, 0.3) is 0 Å². The summed E-state index contributed by atoms with van der Waals surface area (Å²) in [6.45, 7) is 0.497. The van der Waals surface area contributed by atoms with Crippen molar-refractivity contribution in [1.29, 1.82) is 0 Å². The normalized spacial score (nSPS) is 22.8. The van der Waals surface area contributed by atoms with Gasteiger partial charge in [0.1, 0.15) is 11.7 Å². The van der Waals surface area contributed by atoms with Gasteiger partial charge in [0.15, 0.2) is 0 Å². The Morgan fingerprint density at radius 3 is 2.92 bits per heavy atom. The van der Waals surface area contributed by atoms with E-state index in [1.165, 1.54) is 0 Å². The molecule has 12 heavy (non-hydrogen) atoms. The number of hydrogen-bond donors (Lipinski definition) is 0. The molecule has 64 valence electrons. The van der Waals surface area contributed by atoms with E-state index in [1.54, 1.807) is 12.3 Å². The minimum Gasteiger partial charge on any atom is -0.467 e. The Labute approximate surface area is 77.8 Å². The Morgan fingerprint density at radius 1 is 1.58 bits per heavy atom. The first kappa shape index (κ1) is 7.86. The molecule has 0 amide bonds. The van der Waals surface area contributed by atoms with E-state index in [-0.39, 0.29) is 11.9 Å². The van der Waals surface area contributed by atoms with Gasteiger partial charge in [-0.25, -0.2) is 0 Å². The molecule has 4 heteroatoms. The van der Waals surface area contributed by atoms with Crippen molar-refractivity contribution in [2.75, 3.05) is 6.61 Å². The van der Waals surface area contributed by atoms with Crippen LogP contribution in [-0.4, -0.2) is 12.6 Å². The molecular formula is C8H7BrO3. The minimum absolute atomic E-state index is 0.189. The Balaban J connectivity index is 2.30. The lowest BCUT2D eigenvalue weighted by molar-refractivity contribution is -0.139. The van der Waals surface area contributed by atoms with Crippen LogP contribution in [0, 0.1) is 0 Å². The average Bonchev–Trinajstić information content (AvgIpc) is 2.59. The quantitative estimate of drug-likeness (QED) is 0.694. The first-order chi connectivity index (χ1) is 5.79. The molecule has 1 saturated heterocycles. The molecule has 1 aliphatic heterocycles. The number of cyclic esters (lactones) is 1. The number of halogens is 1. The van der Waals surface area contributed by atoms with Crippen LogP contribution in [0.5, 0.6) is 0 Å². The summed E-state index contributed by atoms with van der Waals surface area (Å²) >= 11 is 3.30. The van der Waals surface area contributed by atoms with Crippen LogP contribution in [0.15, 0.2) is 21.2 Å². The second kappa shape index (κ2) is 2.94. The highest BCUT2D eigenvalue weighted by atomic mass is 79.9. The van der Waals surface area contributed by atoms with Crippen molar-refractivity contribution in [3.63, 3.8) is 0 Å². The zero-order chi connectivity index (χ0) is 8.55. The van der Waals surface area contributed by atoms with Crippen LogP contribution in [0.4, 0.5) is 0 Å². The van der Waals surface area contributed by atoms with Crippen molar-refractivity contribution in [3.8, 4) is 0 Å². The van der Waals surface area contributed by atoms with Gasteiger partial charge in [0.2, 0.25) is 0 Å². The van der Waals surface area contributed by atoms with Gasteiger partial charge >= 0.3 is 5.97 Å². The highest BCUT2D eigenvalue weighted by Gasteiger charge is 2.31. The number of esters is 1. The molecule has 0 aliphatic carbocycles. The summed E-state index contributed by atoms with van der Waals surface area (Å²) in [6, 6.07) is 1.78. The Hall–Kier alpha value is -0.770. The summed E-state index contributed by atoms with van der Waals surface area (Å²) in [7, 11) is 0. The van der Waals surface area contributed by atoms with Gasteiger partial charge < -0.3 is 9.15 Å². The largest absolute Gasteiger partial charge is 0.467 e. The average molecular weight is 231 g/mol. The van der Waals surface area contributed by atoms with Gasteiger partial charge in [-0.1, -0.05) is 0 Å². The Bertz CT molecular complexity index is 305. The fourth-order valence-corrected chi connectivity index (χ4v) is 1.77. The molecule has 0 radical (unpaired) electrons. The van der Waals surface area contributed by atoms with Crippen molar-refractivity contribution in [3.05, 3.63) is 22.6 Å². The molecule has 1 aliphatic rings. The summed E-state index contributed by atoms with van der Waals surface area (Å²) < 4.78 is 10.8. The molecule has 2 heterocycles. The van der Waals surface area contributed by atoms with Crippen molar-refractivity contribution >= 4 is 21.9 Å². The molecule has 1 aromatic rings. The van der Waals surface area contributed by atoms with Gasteiger partial charge in [-0.15, -0.1) is 0 Å². The van der Waals surface area contributed by atoms with Crippen molar-refractivity contribution < 1.29 is 13.9 Å². The molecule has 2 rings (SSSR count). The molecule has 1 atom stereocenters. The monoisotopic (exact) mass is 230 g/mol. The first-order valence-corrected chi connectivity index (χ1v) is 4.48. The van der Waals surface area contributed by atoms with E-state index in [0.717, 1.165) is 4.47 Å². The van der Waals surface area contributed by atoms with E-state index in [4.69, 9.17) is 9.15 Å². The molecular weight excluding hydrogens is 224 g/mol. The second-order valence-corrected chi connectivity index (χ2v) is 3.50. The molecule has 1 unspecified atom stereocenters. The number of furan rings is 1. The Morgan fingerprint density at radius 2 is 2.42 bits per heavy atom. The van der Waals surface area contributed by atoms with E-state index < -0.39 is 0 Å². The third-order valence-corrected chi connectivity index (χ3v) is 2.55. The molecule has 0 aromatic carbocycles. The Kier molecular flexibility index (Phi) is 1.92. The van der Waals surface area contributed by atoms with E-state index in [1.807, 2.05) is 0 Å². The van der Waals surface area contributed by atoms with E-state index in [9.17, 15) is 4.79 Å². The highest BCUT2D eigenvalue weighted by molar-refractivity contribution is 9.10. The van der Waals surface area contributed by atoms with Gasteiger partial charge in [0, 0.05) is 6.42 Å². The lowest BCUT2D eigenvalue weighted by Gasteiger charge is -2.00. The third kappa shape index (κ3) is 1.16. The van der Waals surface area contributed by atoms with Crippen LogP contribution < -0.4 is 0 Å². The van der Waals surface area contributed by atoms with Gasteiger partial charge in [0.05, 0.1) is 17.3 Å². The van der Waals surface area contributed by atoms with E-state index in [2.05, 4.69) is 15.9 Å². The van der Waals surface area contributed by atoms with Gasteiger partial charge in [-0.2, -0.15) is 0 Å². The SMILES string of the molecule is O=C1OCCC1c1occc1Br. The van der Waals surface area contributed by atoms with Crippen LogP contribution in [0.2, 0.25) is 0 Å². The molecule has 1 aromatic heterocycles. The summed E-state index contributed by atoms with van der Waals surface area (Å²) in [5.74, 6) is 0.275. The maximum Gasteiger partial charge on any atom is 0.316 e. The molecule has 0 bridgehead atoms. The van der Waals surface area contributed by atoms with Crippen LogP contribution in [0.1, 0.15) is 18.1 Å². The summed E-state index contributed by atoms with van der Waals surface area (Å²) in [5, 5.41) is 0. The van der Waals surface area contributed by atoms with Crippen LogP contribution >= 0.6 is 15.9 Å². The number of carbonyl (C=O) groups is 1. The first-order valence-electron chi connectivity index (χ1n) is 3.68. The molecule has 1 fully saturated rings. The van der Waals surface area contributed by atoms with Crippen LogP contribution in [0.3, 0.4) is 0 Å². The second-order valence-electron chi connectivity index (χ2n) is 2.64. The van der Waals surface area contributed by atoms with Gasteiger partial charge in [-0.05, 0) is 22.0 Å². The zero-order valence-corrected chi connectivity index (χ0v) is 7.83.